The maximum absolute atomic E-state index is 2.66. The summed E-state index contributed by atoms with van der Waals surface area (Å²) in [5.41, 5.74) is 26.3. The molecule has 0 saturated heterocycles. The van der Waals surface area contributed by atoms with Crippen molar-refractivity contribution in [1.82, 2.24) is 4.57 Å². The van der Waals surface area contributed by atoms with Crippen molar-refractivity contribution in [2.24, 2.45) is 29.1 Å². The van der Waals surface area contributed by atoms with E-state index in [1.54, 1.807) is 11.1 Å². The Bertz CT molecular complexity index is 4610. The Labute approximate surface area is 488 Å². The summed E-state index contributed by atoms with van der Waals surface area (Å²) in [7, 11) is 0. The number of nitrogens with zero attached hydrogens (tertiary/aromatic N) is 2. The second-order valence-corrected chi connectivity index (χ2v) is 27.2. The molecule has 5 aliphatic rings. The van der Waals surface area contributed by atoms with Gasteiger partial charge in [-0.2, -0.15) is 0 Å². The number of fused-ring (bicyclic) bond motifs is 11. The summed E-state index contributed by atoms with van der Waals surface area (Å²) in [5, 5.41) is 5.01. The van der Waals surface area contributed by atoms with Gasteiger partial charge in [0.15, 0.2) is 0 Å². The number of para-hydroxylation sites is 4. The van der Waals surface area contributed by atoms with Crippen molar-refractivity contribution in [3.8, 4) is 61.3 Å². The number of hydrogen-bond acceptors (Lipinski definition) is 1. The molecular weight excluding hydrogens is 1000 g/mol. The Hall–Kier alpha value is -8.72. The Morgan fingerprint density at radius 3 is 1.70 bits per heavy atom. The molecule has 0 N–H and O–H groups in total. The van der Waals surface area contributed by atoms with Gasteiger partial charge >= 0.3 is 0 Å². The zero-order valence-electron chi connectivity index (χ0n) is 48.4. The average molecular weight is 1070 g/mol. The summed E-state index contributed by atoms with van der Waals surface area (Å²) < 4.78 is 2.43. The molecule has 4 saturated carbocycles. The molecule has 1 heterocycles. The van der Waals surface area contributed by atoms with Gasteiger partial charge in [-0.15, -0.1) is 0 Å². The zero-order chi connectivity index (χ0) is 55.7. The molecule has 0 radical (unpaired) electrons. The van der Waals surface area contributed by atoms with E-state index < -0.39 is 0 Å². The van der Waals surface area contributed by atoms with Crippen molar-refractivity contribution in [2.75, 3.05) is 4.90 Å². The fourth-order valence-corrected chi connectivity index (χ4v) is 17.6. The molecule has 0 aliphatic heterocycles. The number of rotatable bonds is 8. The van der Waals surface area contributed by atoms with E-state index in [0.717, 1.165) is 46.4 Å². The monoisotopic (exact) mass is 1070 g/mol. The number of aromatic nitrogens is 1. The molecule has 4 fully saturated rings. The highest BCUT2D eigenvalue weighted by Crippen LogP contribution is 2.95. The van der Waals surface area contributed by atoms with E-state index in [2.05, 4.69) is 294 Å². The van der Waals surface area contributed by atoms with Gasteiger partial charge in [-0.25, -0.2) is 0 Å². The average Bonchev–Trinajstić information content (AvgIpc) is 1.57. The molecule has 11 aromatic carbocycles. The third-order valence-corrected chi connectivity index (χ3v) is 21.4. The highest BCUT2D eigenvalue weighted by Gasteiger charge is 2.90. The molecule has 4 unspecified atom stereocenters. The van der Waals surface area contributed by atoms with Crippen LogP contribution in [0.5, 0.6) is 0 Å². The molecule has 4 atom stereocenters. The first-order valence-corrected chi connectivity index (χ1v) is 30.5. The van der Waals surface area contributed by atoms with E-state index in [4.69, 9.17) is 0 Å². The molecule has 12 aromatic rings. The molecule has 2 nitrogen and oxygen atoms in total. The smallest absolute Gasteiger partial charge is 0.0547 e. The third-order valence-electron chi connectivity index (χ3n) is 21.4. The molecule has 2 heteroatoms. The number of benzene rings is 11. The second kappa shape index (κ2) is 17.4. The van der Waals surface area contributed by atoms with E-state index in [-0.39, 0.29) is 16.2 Å². The van der Waals surface area contributed by atoms with Crippen molar-refractivity contribution in [3.63, 3.8) is 0 Å². The molecule has 402 valence electrons. The van der Waals surface area contributed by atoms with Crippen LogP contribution in [0.3, 0.4) is 0 Å². The highest BCUT2D eigenvalue weighted by molar-refractivity contribution is 6.11. The lowest BCUT2D eigenvalue weighted by Crippen LogP contribution is -2.88. The molecule has 0 bridgehead atoms. The van der Waals surface area contributed by atoms with Crippen molar-refractivity contribution >= 4 is 49.6 Å². The first-order chi connectivity index (χ1) is 40.4. The lowest BCUT2D eigenvalue weighted by molar-refractivity contribution is -0.412. The van der Waals surface area contributed by atoms with Crippen LogP contribution in [0.4, 0.5) is 17.1 Å². The van der Waals surface area contributed by atoms with Crippen LogP contribution < -0.4 is 4.90 Å². The van der Waals surface area contributed by atoms with Crippen molar-refractivity contribution in [3.05, 3.63) is 265 Å². The SMILES string of the molecule is CC(C)(C)c1cc(-c2cccc3cccc(-c4ccccc4N(c4cccc(-c5ccc6c7ccccc7n(-c7ccccc7)c6c5)c4)c4ccccc4-c4ccc5c(c4)C4(c6ccccc6-5)C5CC6CC7CC4C675)c23)cc(C(C)(C)C)c1. The summed E-state index contributed by atoms with van der Waals surface area (Å²) in [4.78, 5) is 2.59. The van der Waals surface area contributed by atoms with Gasteiger partial charge in [-0.1, -0.05) is 230 Å². The van der Waals surface area contributed by atoms with Crippen LogP contribution in [0.2, 0.25) is 0 Å². The quantitative estimate of drug-likeness (QED) is 0.147. The Balaban J connectivity index is 0.878. The Morgan fingerprint density at radius 1 is 0.386 bits per heavy atom. The lowest BCUT2D eigenvalue weighted by atomic mass is 9.11. The van der Waals surface area contributed by atoms with Gasteiger partial charge in [0.1, 0.15) is 0 Å². The minimum absolute atomic E-state index is 0.0227. The summed E-state index contributed by atoms with van der Waals surface area (Å²) in [6, 6.07) is 92.8. The van der Waals surface area contributed by atoms with Gasteiger partial charge in [0.05, 0.1) is 22.4 Å². The zero-order valence-corrected chi connectivity index (χ0v) is 48.4. The molecule has 5 aliphatic carbocycles. The minimum atomic E-state index is -0.0227. The van der Waals surface area contributed by atoms with Crippen LogP contribution in [0.25, 0.3) is 93.9 Å². The maximum atomic E-state index is 2.66. The van der Waals surface area contributed by atoms with Gasteiger partial charge in [0.2, 0.25) is 0 Å². The normalized spacial score (nSPS) is 21.6. The largest absolute Gasteiger partial charge is 0.309 e. The van der Waals surface area contributed by atoms with E-state index in [9.17, 15) is 0 Å². The number of anilines is 3. The molecule has 2 spiro atoms. The molecule has 83 heavy (non-hydrogen) atoms. The van der Waals surface area contributed by atoms with E-state index in [1.165, 1.54) is 119 Å². The highest BCUT2D eigenvalue weighted by atomic mass is 15.1. The van der Waals surface area contributed by atoms with Gasteiger partial charge < -0.3 is 9.47 Å². The van der Waals surface area contributed by atoms with Crippen LogP contribution in [-0.2, 0) is 16.2 Å². The predicted octanol–water partition coefficient (Wildman–Crippen LogP) is 21.6. The lowest BCUT2D eigenvalue weighted by Gasteiger charge is -2.92. The molecular formula is C81H68N2. The fourth-order valence-electron chi connectivity index (χ4n) is 17.6. The summed E-state index contributed by atoms with van der Waals surface area (Å²) in [5.74, 6) is 3.42. The second-order valence-electron chi connectivity index (χ2n) is 27.2. The van der Waals surface area contributed by atoms with E-state index in [1.807, 2.05) is 0 Å². The molecule has 0 amide bonds. The number of hydrogen-bond donors (Lipinski definition) is 0. The van der Waals surface area contributed by atoms with Gasteiger partial charge in [-0.05, 0) is 191 Å². The van der Waals surface area contributed by atoms with Crippen LogP contribution in [0.15, 0.2) is 243 Å². The minimum Gasteiger partial charge on any atom is -0.309 e. The van der Waals surface area contributed by atoms with Crippen LogP contribution >= 0.6 is 0 Å². The Morgan fingerprint density at radius 2 is 0.964 bits per heavy atom. The maximum Gasteiger partial charge on any atom is 0.0547 e. The van der Waals surface area contributed by atoms with Crippen molar-refractivity contribution in [2.45, 2.75) is 77.0 Å². The summed E-state index contributed by atoms with van der Waals surface area (Å²) in [6.07, 6.45) is 4.25. The van der Waals surface area contributed by atoms with Crippen molar-refractivity contribution < 1.29 is 0 Å². The first kappa shape index (κ1) is 48.9. The van der Waals surface area contributed by atoms with Crippen molar-refractivity contribution in [1.29, 1.82) is 0 Å². The van der Waals surface area contributed by atoms with Crippen LogP contribution in [0.1, 0.15) is 83.1 Å². The van der Waals surface area contributed by atoms with Crippen LogP contribution in [-0.4, -0.2) is 4.57 Å². The van der Waals surface area contributed by atoms with E-state index >= 15 is 0 Å². The summed E-state index contributed by atoms with van der Waals surface area (Å²) in [6.45, 7) is 14.1. The Kier molecular flexibility index (Phi) is 10.3. The topological polar surface area (TPSA) is 8.17 Å². The first-order valence-electron chi connectivity index (χ1n) is 30.5. The van der Waals surface area contributed by atoms with Gasteiger partial charge in [0.25, 0.3) is 0 Å². The van der Waals surface area contributed by atoms with Crippen LogP contribution in [0, 0.1) is 29.1 Å². The third kappa shape index (κ3) is 6.73. The van der Waals surface area contributed by atoms with E-state index in [0.29, 0.717) is 5.41 Å². The predicted molar refractivity (Wildman–Crippen MR) is 349 cm³/mol. The summed E-state index contributed by atoms with van der Waals surface area (Å²) >= 11 is 0. The van der Waals surface area contributed by atoms with Gasteiger partial charge in [0, 0.05) is 38.7 Å². The molecule has 1 aromatic heterocycles. The fraction of sp³-hybridized carbons (Fsp3) is 0.210. The standard InChI is InChI=1S/C81H68N2/c1-78(2,3)55-41-54(42-56(46-55)79(4,5)6)62-31-19-21-50-22-20-32-68(77(50)62)66-30-13-17-36-73(66)83(60-26-18-23-51(43-60)52-37-40-67-65-29-12-16-35-72(65)82(74(67)45-52)59-24-8-7-9-25-59)71-34-15-11-27-61(71)53-38-39-64-63-28-10-14-33-69(63)81(70(64)44-53)75-48-57-47-58-49-76(81)80(57,58)75/h7-46,57-58,75-76H,47-49H2,1-6H3. The molecule has 17 rings (SSSR count). The van der Waals surface area contributed by atoms with Gasteiger partial charge in [-0.3, -0.25) is 0 Å².